The molecule has 0 saturated heterocycles. The van der Waals surface area contributed by atoms with Gasteiger partial charge in [0.2, 0.25) is 0 Å². The molecule has 0 spiro atoms. The highest BCUT2D eigenvalue weighted by molar-refractivity contribution is 6.04. The molecule has 0 radical (unpaired) electrons. The first-order valence-corrected chi connectivity index (χ1v) is 20.7. The third kappa shape index (κ3) is 6.78. The zero-order valence-corrected chi connectivity index (χ0v) is 34.4. The normalized spacial score (nSPS) is 11.7. The van der Waals surface area contributed by atoms with Crippen molar-refractivity contribution in [2.45, 2.75) is 33.1 Å². The molecule has 0 fully saturated rings. The highest BCUT2D eigenvalue weighted by atomic mass is 15.1. The van der Waals surface area contributed by atoms with E-state index in [1.807, 2.05) is 12.4 Å². The minimum absolute atomic E-state index is 0.0268. The first-order chi connectivity index (χ1) is 29.3. The number of rotatable bonds is 6. The van der Waals surface area contributed by atoms with Crippen LogP contribution in [-0.4, -0.2) is 9.97 Å². The molecule has 2 heterocycles. The van der Waals surface area contributed by atoms with Crippen molar-refractivity contribution in [1.82, 2.24) is 9.97 Å². The fraction of sp³-hybridized carbons (Fsp3) is 0.0877. The lowest BCUT2D eigenvalue weighted by Gasteiger charge is -2.26. The molecule has 60 heavy (non-hydrogen) atoms. The fourth-order valence-electron chi connectivity index (χ4n) is 8.71. The smallest absolute Gasteiger partial charge is 0.0709 e. The molecule has 3 heteroatoms. The number of hydrogen-bond acceptors (Lipinski definition) is 3. The molecule has 288 valence electrons. The number of aromatic nitrogens is 2. The molecular weight excluding hydrogens is 727 g/mol. The molecule has 1 aliphatic rings. The quantitative estimate of drug-likeness (QED) is 0.169. The Hall–Kier alpha value is -7.36. The molecule has 2 aromatic heterocycles. The van der Waals surface area contributed by atoms with Gasteiger partial charge in [-0.05, 0) is 140 Å². The lowest BCUT2D eigenvalue weighted by atomic mass is 9.80. The van der Waals surface area contributed by atoms with Gasteiger partial charge in [-0.3, -0.25) is 9.97 Å². The lowest BCUT2D eigenvalue weighted by Crippen LogP contribution is -2.11. The second-order valence-corrected chi connectivity index (χ2v) is 16.7. The van der Waals surface area contributed by atoms with Crippen LogP contribution in [0.3, 0.4) is 0 Å². The van der Waals surface area contributed by atoms with E-state index in [9.17, 15) is 0 Å². The van der Waals surface area contributed by atoms with Gasteiger partial charge in [-0.25, -0.2) is 0 Å². The van der Waals surface area contributed by atoms with E-state index in [1.165, 1.54) is 61.2 Å². The van der Waals surface area contributed by atoms with Crippen LogP contribution in [0.4, 0.5) is 17.1 Å². The predicted molar refractivity (Wildman–Crippen MR) is 252 cm³/mol. The topological polar surface area (TPSA) is 29.0 Å². The number of pyridine rings is 2. The first-order valence-electron chi connectivity index (χ1n) is 20.7. The Morgan fingerprint density at radius 1 is 0.367 bits per heavy atom. The number of fused-ring (bicyclic) bond motifs is 8. The number of hydrogen-bond donors (Lipinski definition) is 0. The van der Waals surface area contributed by atoms with Gasteiger partial charge in [0, 0.05) is 40.6 Å². The largest absolute Gasteiger partial charge is 0.310 e. The van der Waals surface area contributed by atoms with Crippen LogP contribution in [0.15, 0.2) is 200 Å². The highest BCUT2D eigenvalue weighted by Crippen LogP contribution is 2.49. The Morgan fingerprint density at radius 3 is 1.40 bits per heavy atom. The van der Waals surface area contributed by atoms with Gasteiger partial charge in [-0.2, -0.15) is 0 Å². The summed E-state index contributed by atoms with van der Waals surface area (Å²) in [4.78, 5) is 12.2. The molecule has 0 unspecified atom stereocenters. The van der Waals surface area contributed by atoms with Crippen molar-refractivity contribution in [1.29, 1.82) is 0 Å². The molecule has 0 atom stereocenters. The summed E-state index contributed by atoms with van der Waals surface area (Å²) in [5.74, 6) is 0. The zero-order valence-electron chi connectivity index (χ0n) is 34.4. The molecule has 0 aliphatic heterocycles. The average Bonchev–Trinajstić information content (AvgIpc) is 3.29. The van der Waals surface area contributed by atoms with E-state index in [4.69, 9.17) is 9.97 Å². The van der Waals surface area contributed by atoms with Gasteiger partial charge in [0.1, 0.15) is 0 Å². The van der Waals surface area contributed by atoms with Gasteiger partial charge in [0.25, 0.3) is 0 Å². The summed E-state index contributed by atoms with van der Waals surface area (Å²) in [7, 11) is 0. The predicted octanol–water partition coefficient (Wildman–Crippen LogP) is 15.5. The van der Waals surface area contributed by atoms with Crippen LogP contribution in [0, 0.1) is 6.92 Å². The molecule has 0 N–H and O–H groups in total. The molecule has 0 amide bonds. The Bertz CT molecular complexity index is 3040. The molecule has 0 saturated carbocycles. The van der Waals surface area contributed by atoms with Crippen molar-refractivity contribution in [3.8, 4) is 78.1 Å². The third-order valence-electron chi connectivity index (χ3n) is 11.8. The van der Waals surface area contributed by atoms with Crippen LogP contribution in [0.25, 0.3) is 78.1 Å². The summed E-state index contributed by atoms with van der Waals surface area (Å²) < 4.78 is 0. The van der Waals surface area contributed by atoms with E-state index in [0.717, 1.165) is 45.1 Å². The van der Waals surface area contributed by atoms with Crippen LogP contribution < -0.4 is 4.90 Å². The summed E-state index contributed by atoms with van der Waals surface area (Å²) in [6.07, 6.45) is 3.94. The first kappa shape index (κ1) is 36.9. The lowest BCUT2D eigenvalue weighted by molar-refractivity contribution is 0.589. The van der Waals surface area contributed by atoms with Crippen molar-refractivity contribution < 1.29 is 0 Å². The Kier molecular flexibility index (Phi) is 9.30. The highest BCUT2D eigenvalue weighted by Gasteiger charge is 2.23. The maximum absolute atomic E-state index is 5.04. The monoisotopic (exact) mass is 771 g/mol. The van der Waals surface area contributed by atoms with Crippen molar-refractivity contribution in [3.63, 3.8) is 0 Å². The van der Waals surface area contributed by atoms with Crippen LogP contribution in [0.5, 0.6) is 0 Å². The Morgan fingerprint density at radius 2 is 0.850 bits per heavy atom. The molecule has 10 rings (SSSR count). The second-order valence-electron chi connectivity index (χ2n) is 16.7. The van der Waals surface area contributed by atoms with E-state index in [2.05, 4.69) is 221 Å². The van der Waals surface area contributed by atoms with E-state index >= 15 is 0 Å². The van der Waals surface area contributed by atoms with Crippen LogP contribution in [-0.2, 0) is 5.41 Å². The number of benzene rings is 7. The van der Waals surface area contributed by atoms with Crippen molar-refractivity contribution in [2.75, 3.05) is 4.90 Å². The standard InChI is InChI=1S/C57H45N3/c1-38-37-59-56(36-53(38)39-28-29-52-50-26-11-10-24-48(50)46-22-8-9-23-47(46)49-25-12-13-27-51(49)54(52)34-39)41-17-15-21-45(33-41)60(43-18-6-5-7-19-43)44-20-14-16-40(32-44)55-35-42(30-31-58-55)57(2,3)4/h5-37H,1-4H3. The number of nitrogens with zero attached hydrogens (tertiary/aromatic N) is 3. The van der Waals surface area contributed by atoms with Gasteiger partial charge < -0.3 is 4.90 Å². The molecular formula is C57H45N3. The van der Waals surface area contributed by atoms with E-state index < -0.39 is 0 Å². The van der Waals surface area contributed by atoms with E-state index in [1.54, 1.807) is 0 Å². The van der Waals surface area contributed by atoms with Gasteiger partial charge >= 0.3 is 0 Å². The minimum atomic E-state index is 0.0268. The SMILES string of the molecule is Cc1cnc(-c2cccc(N(c3ccccc3)c3cccc(-c4cc(C(C)(C)C)ccn4)c3)c2)cc1-c1ccc2c(c1)-c1ccccc1-c1ccccc1-c1ccccc1-2. The van der Waals surface area contributed by atoms with Crippen LogP contribution >= 0.6 is 0 Å². The van der Waals surface area contributed by atoms with Gasteiger partial charge in [0.05, 0.1) is 11.4 Å². The average molecular weight is 772 g/mol. The second kappa shape index (κ2) is 15.1. The Labute approximate surface area is 353 Å². The van der Waals surface area contributed by atoms with Gasteiger partial charge in [-0.15, -0.1) is 0 Å². The minimum Gasteiger partial charge on any atom is -0.310 e. The number of anilines is 3. The molecule has 1 aliphatic carbocycles. The van der Waals surface area contributed by atoms with E-state index in [0.29, 0.717) is 0 Å². The van der Waals surface area contributed by atoms with Crippen LogP contribution in [0.2, 0.25) is 0 Å². The van der Waals surface area contributed by atoms with Gasteiger partial charge in [-0.1, -0.05) is 148 Å². The Balaban J connectivity index is 1.07. The molecule has 9 aromatic rings. The van der Waals surface area contributed by atoms with Crippen molar-refractivity contribution >= 4 is 17.1 Å². The molecule has 0 bridgehead atoms. The summed E-state index contributed by atoms with van der Waals surface area (Å²) in [6.45, 7) is 8.89. The zero-order chi connectivity index (χ0) is 40.8. The van der Waals surface area contributed by atoms with Crippen molar-refractivity contribution in [3.05, 3.63) is 212 Å². The van der Waals surface area contributed by atoms with Crippen LogP contribution in [0.1, 0.15) is 31.9 Å². The number of aryl methyl sites for hydroxylation is 1. The third-order valence-corrected chi connectivity index (χ3v) is 11.8. The summed E-state index contributed by atoms with van der Waals surface area (Å²) in [5, 5.41) is 0. The molecule has 7 aromatic carbocycles. The van der Waals surface area contributed by atoms with Gasteiger partial charge in [0.15, 0.2) is 0 Å². The number of para-hydroxylation sites is 1. The molecule has 3 nitrogen and oxygen atoms in total. The summed E-state index contributed by atoms with van der Waals surface area (Å²) in [6, 6.07) is 68.0. The summed E-state index contributed by atoms with van der Waals surface area (Å²) >= 11 is 0. The maximum atomic E-state index is 5.04. The summed E-state index contributed by atoms with van der Waals surface area (Å²) in [5.41, 5.74) is 21.9. The fourth-order valence-corrected chi connectivity index (χ4v) is 8.71. The van der Waals surface area contributed by atoms with E-state index in [-0.39, 0.29) is 5.41 Å². The maximum Gasteiger partial charge on any atom is 0.0709 e. The van der Waals surface area contributed by atoms with Crippen molar-refractivity contribution in [2.24, 2.45) is 0 Å².